The molecule has 2 heteroatoms. The van der Waals surface area contributed by atoms with E-state index in [1.54, 1.807) is 0 Å². The molecule has 0 saturated carbocycles. The van der Waals surface area contributed by atoms with Gasteiger partial charge in [-0.25, -0.2) is 0 Å². The summed E-state index contributed by atoms with van der Waals surface area (Å²) < 4.78 is 0. The Hall–Kier alpha value is 0.310. The minimum Gasteiger partial charge on any atom is -0.393 e. The summed E-state index contributed by atoms with van der Waals surface area (Å²) in [7, 11) is 0. The van der Waals surface area contributed by atoms with Gasteiger partial charge in [-0.05, 0) is 37.7 Å². The van der Waals surface area contributed by atoms with Gasteiger partial charge in [0.05, 0.1) is 6.10 Å². The van der Waals surface area contributed by atoms with Crippen molar-refractivity contribution in [2.75, 3.05) is 12.0 Å². The largest absolute Gasteiger partial charge is 0.393 e. The Morgan fingerprint density at radius 3 is 2.40 bits per heavy atom. The number of hydrogen-bond acceptors (Lipinski definition) is 2. The first-order chi connectivity index (χ1) is 4.66. The van der Waals surface area contributed by atoms with E-state index in [1.807, 2.05) is 18.7 Å². The second kappa shape index (κ2) is 6.05. The maximum absolute atomic E-state index is 9.02. The predicted molar refractivity (Wildman–Crippen MR) is 48.5 cm³/mol. The fourth-order valence-electron chi connectivity index (χ4n) is 1.02. The van der Waals surface area contributed by atoms with Crippen molar-refractivity contribution in [1.29, 1.82) is 0 Å². The summed E-state index contributed by atoms with van der Waals surface area (Å²) in [6, 6.07) is 0. The Morgan fingerprint density at radius 1 is 1.40 bits per heavy atom. The Labute approximate surface area is 68.2 Å². The first-order valence-corrected chi connectivity index (χ1v) is 5.23. The third-order valence-corrected chi connectivity index (χ3v) is 2.20. The standard InChI is InChI=1S/C8H18OS/c1-7(4-5-10-3)6-8(2)9/h7-9H,4-6H2,1-3H3. The molecule has 2 atom stereocenters. The SMILES string of the molecule is CSCCC(C)CC(C)O. The molecule has 0 aromatic rings. The van der Waals surface area contributed by atoms with E-state index in [-0.39, 0.29) is 6.10 Å². The van der Waals surface area contributed by atoms with Gasteiger partial charge >= 0.3 is 0 Å². The lowest BCUT2D eigenvalue weighted by Crippen LogP contribution is -2.07. The van der Waals surface area contributed by atoms with Crippen LogP contribution in [0, 0.1) is 5.92 Å². The first kappa shape index (κ1) is 10.3. The van der Waals surface area contributed by atoms with Crippen LogP contribution in [0.15, 0.2) is 0 Å². The number of aliphatic hydroxyl groups is 1. The van der Waals surface area contributed by atoms with Gasteiger partial charge in [0, 0.05) is 0 Å². The molecule has 0 aliphatic heterocycles. The highest BCUT2D eigenvalue weighted by molar-refractivity contribution is 7.98. The topological polar surface area (TPSA) is 20.2 Å². The van der Waals surface area contributed by atoms with Gasteiger partial charge in [-0.2, -0.15) is 11.8 Å². The molecular weight excluding hydrogens is 144 g/mol. The number of aliphatic hydroxyl groups excluding tert-OH is 1. The summed E-state index contributed by atoms with van der Waals surface area (Å²) in [5, 5.41) is 9.02. The molecule has 0 saturated heterocycles. The summed E-state index contributed by atoms with van der Waals surface area (Å²) >= 11 is 1.88. The lowest BCUT2D eigenvalue weighted by molar-refractivity contribution is 0.163. The minimum absolute atomic E-state index is 0.128. The smallest absolute Gasteiger partial charge is 0.0514 e. The van der Waals surface area contributed by atoms with Gasteiger partial charge in [0.15, 0.2) is 0 Å². The summed E-state index contributed by atoms with van der Waals surface area (Å²) in [6.07, 6.45) is 4.17. The Kier molecular flexibility index (Phi) is 6.24. The number of thioether (sulfide) groups is 1. The van der Waals surface area contributed by atoms with Crippen molar-refractivity contribution >= 4 is 11.8 Å². The molecular formula is C8H18OS. The molecule has 62 valence electrons. The molecule has 0 radical (unpaired) electrons. The van der Waals surface area contributed by atoms with Gasteiger partial charge in [-0.1, -0.05) is 6.92 Å². The lowest BCUT2D eigenvalue weighted by Gasteiger charge is -2.11. The van der Waals surface area contributed by atoms with Crippen molar-refractivity contribution < 1.29 is 5.11 Å². The van der Waals surface area contributed by atoms with Crippen LogP contribution in [0.4, 0.5) is 0 Å². The fraction of sp³-hybridized carbons (Fsp3) is 1.00. The fourth-order valence-corrected chi connectivity index (χ4v) is 1.66. The van der Waals surface area contributed by atoms with E-state index in [4.69, 9.17) is 5.11 Å². The van der Waals surface area contributed by atoms with Gasteiger partial charge < -0.3 is 5.11 Å². The third-order valence-electron chi connectivity index (χ3n) is 1.56. The lowest BCUT2D eigenvalue weighted by atomic mass is 10.0. The molecule has 0 rings (SSSR count). The zero-order valence-electron chi connectivity index (χ0n) is 7.13. The van der Waals surface area contributed by atoms with Crippen LogP contribution in [0.5, 0.6) is 0 Å². The van der Waals surface area contributed by atoms with E-state index >= 15 is 0 Å². The van der Waals surface area contributed by atoms with E-state index in [0.29, 0.717) is 5.92 Å². The van der Waals surface area contributed by atoms with Gasteiger partial charge in [0.25, 0.3) is 0 Å². The van der Waals surface area contributed by atoms with Crippen LogP contribution in [-0.2, 0) is 0 Å². The molecule has 0 heterocycles. The molecule has 0 bridgehead atoms. The average molecular weight is 162 g/mol. The minimum atomic E-state index is -0.128. The predicted octanol–water partition coefficient (Wildman–Crippen LogP) is 2.15. The highest BCUT2D eigenvalue weighted by Gasteiger charge is 2.04. The van der Waals surface area contributed by atoms with Crippen molar-refractivity contribution in [2.24, 2.45) is 5.92 Å². The average Bonchev–Trinajstić information content (AvgIpc) is 1.82. The second-order valence-corrected chi connectivity index (χ2v) is 3.96. The highest BCUT2D eigenvalue weighted by Crippen LogP contribution is 2.12. The van der Waals surface area contributed by atoms with Gasteiger partial charge in [0.2, 0.25) is 0 Å². The molecule has 0 aliphatic rings. The zero-order valence-corrected chi connectivity index (χ0v) is 7.95. The molecule has 0 aliphatic carbocycles. The van der Waals surface area contributed by atoms with E-state index in [0.717, 1.165) is 6.42 Å². The van der Waals surface area contributed by atoms with E-state index < -0.39 is 0 Å². The maximum Gasteiger partial charge on any atom is 0.0514 e. The van der Waals surface area contributed by atoms with E-state index in [1.165, 1.54) is 12.2 Å². The van der Waals surface area contributed by atoms with Crippen LogP contribution in [0.3, 0.4) is 0 Å². The third kappa shape index (κ3) is 6.43. The van der Waals surface area contributed by atoms with Crippen molar-refractivity contribution in [3.63, 3.8) is 0 Å². The number of hydrogen-bond donors (Lipinski definition) is 1. The molecule has 0 aromatic heterocycles. The first-order valence-electron chi connectivity index (χ1n) is 3.83. The van der Waals surface area contributed by atoms with Crippen LogP contribution >= 0.6 is 11.8 Å². The molecule has 0 aromatic carbocycles. The van der Waals surface area contributed by atoms with Crippen LogP contribution in [0.1, 0.15) is 26.7 Å². The Balaban J connectivity index is 3.16. The molecule has 0 spiro atoms. The normalized spacial score (nSPS) is 16.8. The van der Waals surface area contributed by atoms with Crippen molar-refractivity contribution in [1.82, 2.24) is 0 Å². The van der Waals surface area contributed by atoms with E-state index in [2.05, 4.69) is 13.2 Å². The Bertz CT molecular complexity index is 73.7. The van der Waals surface area contributed by atoms with Gasteiger partial charge in [-0.3, -0.25) is 0 Å². The zero-order chi connectivity index (χ0) is 7.98. The second-order valence-electron chi connectivity index (χ2n) is 2.97. The van der Waals surface area contributed by atoms with Crippen molar-refractivity contribution in [2.45, 2.75) is 32.8 Å². The molecule has 0 fully saturated rings. The van der Waals surface area contributed by atoms with E-state index in [9.17, 15) is 0 Å². The summed E-state index contributed by atoms with van der Waals surface area (Å²) in [5.41, 5.74) is 0. The maximum atomic E-state index is 9.02. The Morgan fingerprint density at radius 2 is 2.00 bits per heavy atom. The molecule has 1 nitrogen and oxygen atoms in total. The number of rotatable bonds is 5. The van der Waals surface area contributed by atoms with Crippen LogP contribution in [0.2, 0.25) is 0 Å². The molecule has 0 amide bonds. The van der Waals surface area contributed by atoms with Crippen molar-refractivity contribution in [3.8, 4) is 0 Å². The van der Waals surface area contributed by atoms with Gasteiger partial charge in [-0.15, -0.1) is 0 Å². The monoisotopic (exact) mass is 162 g/mol. The summed E-state index contributed by atoms with van der Waals surface area (Å²) in [4.78, 5) is 0. The quantitative estimate of drug-likeness (QED) is 0.668. The highest BCUT2D eigenvalue weighted by atomic mass is 32.2. The van der Waals surface area contributed by atoms with Crippen molar-refractivity contribution in [3.05, 3.63) is 0 Å². The molecule has 10 heavy (non-hydrogen) atoms. The van der Waals surface area contributed by atoms with Crippen LogP contribution in [-0.4, -0.2) is 23.2 Å². The molecule has 1 N–H and O–H groups in total. The summed E-state index contributed by atoms with van der Waals surface area (Å²) in [6.45, 7) is 4.05. The van der Waals surface area contributed by atoms with Crippen LogP contribution < -0.4 is 0 Å². The van der Waals surface area contributed by atoms with Crippen LogP contribution in [0.25, 0.3) is 0 Å². The molecule has 2 unspecified atom stereocenters. The summed E-state index contributed by atoms with van der Waals surface area (Å²) in [5.74, 6) is 1.89. The van der Waals surface area contributed by atoms with Gasteiger partial charge in [0.1, 0.15) is 0 Å².